The molecule has 0 saturated carbocycles. The van der Waals surface area contributed by atoms with Gasteiger partial charge in [0.15, 0.2) is 5.75 Å². The highest BCUT2D eigenvalue weighted by Crippen LogP contribution is 2.39. The average Bonchev–Trinajstić information content (AvgIpc) is 2.49. The number of carbonyl (C=O) groups is 1. The predicted octanol–water partition coefficient (Wildman–Crippen LogP) is 2.82. The monoisotopic (exact) mass is 450 g/mol. The quantitative estimate of drug-likeness (QED) is 0.532. The Labute approximate surface area is 152 Å². The van der Waals surface area contributed by atoms with Crippen molar-refractivity contribution >= 4 is 43.6 Å². The van der Waals surface area contributed by atoms with Gasteiger partial charge < -0.3 is 15.5 Å². The number of H-pyrrole nitrogens is 1. The molecular weight excluding hydrogens is 444 g/mol. The Morgan fingerprint density at radius 3 is 2.21 bits per heavy atom. The van der Waals surface area contributed by atoms with E-state index in [4.69, 9.17) is 10.5 Å². The van der Waals surface area contributed by atoms with Gasteiger partial charge >= 0.3 is 5.97 Å². The Morgan fingerprint density at radius 2 is 1.75 bits per heavy atom. The van der Waals surface area contributed by atoms with Crippen molar-refractivity contribution in [1.82, 2.24) is 4.98 Å². The standard InChI is InChI=1S/C15H8Br2N4O3/c1-6(22)24-13-10(16)2-7(3-11(13)17)12-8(4-18)14(20)21-15(23)9(12)5-19/h2-3H,1H3,(H3,20,21,23). The summed E-state index contributed by atoms with van der Waals surface area (Å²) < 4.78 is 5.87. The minimum atomic E-state index is -0.694. The van der Waals surface area contributed by atoms with Gasteiger partial charge in [-0.3, -0.25) is 9.59 Å². The van der Waals surface area contributed by atoms with Crippen molar-refractivity contribution in [2.45, 2.75) is 6.92 Å². The second-order valence-electron chi connectivity index (χ2n) is 4.58. The number of nitrogens with zero attached hydrogens (tertiary/aromatic N) is 2. The number of rotatable bonds is 2. The van der Waals surface area contributed by atoms with Crippen LogP contribution in [0.2, 0.25) is 0 Å². The third-order valence-electron chi connectivity index (χ3n) is 3.00. The van der Waals surface area contributed by atoms with Crippen molar-refractivity contribution in [2.24, 2.45) is 0 Å². The van der Waals surface area contributed by atoms with E-state index in [2.05, 4.69) is 36.8 Å². The lowest BCUT2D eigenvalue weighted by molar-refractivity contribution is -0.131. The number of aromatic amines is 1. The molecule has 0 atom stereocenters. The first-order valence-corrected chi connectivity index (χ1v) is 7.92. The van der Waals surface area contributed by atoms with Crippen LogP contribution < -0.4 is 16.0 Å². The molecular formula is C15H8Br2N4O3. The van der Waals surface area contributed by atoms with E-state index in [1.165, 1.54) is 19.1 Å². The topological polar surface area (TPSA) is 133 Å². The van der Waals surface area contributed by atoms with Crippen molar-refractivity contribution in [3.8, 4) is 29.0 Å². The van der Waals surface area contributed by atoms with Gasteiger partial charge in [0.05, 0.1) is 8.95 Å². The van der Waals surface area contributed by atoms with Crippen molar-refractivity contribution in [3.05, 3.63) is 42.6 Å². The van der Waals surface area contributed by atoms with Gasteiger partial charge in [-0.1, -0.05) is 0 Å². The first-order valence-electron chi connectivity index (χ1n) is 6.34. The first kappa shape index (κ1) is 17.7. The molecule has 1 aromatic carbocycles. The Balaban J connectivity index is 2.84. The van der Waals surface area contributed by atoms with Crippen LogP contribution in [-0.2, 0) is 4.79 Å². The molecule has 120 valence electrons. The average molecular weight is 452 g/mol. The highest BCUT2D eigenvalue weighted by atomic mass is 79.9. The first-order chi connectivity index (χ1) is 11.3. The molecule has 0 aliphatic rings. The van der Waals surface area contributed by atoms with E-state index in [1.54, 1.807) is 6.07 Å². The number of nitrogen functional groups attached to an aromatic ring is 1. The molecule has 2 aromatic rings. The lowest BCUT2D eigenvalue weighted by Crippen LogP contribution is -2.16. The maximum Gasteiger partial charge on any atom is 0.308 e. The number of pyridine rings is 1. The molecule has 1 aromatic heterocycles. The normalized spacial score (nSPS) is 9.88. The van der Waals surface area contributed by atoms with E-state index in [-0.39, 0.29) is 28.3 Å². The Morgan fingerprint density at radius 1 is 1.21 bits per heavy atom. The summed E-state index contributed by atoms with van der Waals surface area (Å²) in [5.74, 6) is -0.408. The SMILES string of the molecule is CC(=O)Oc1c(Br)cc(-c2c(C#N)c(N)[nH]c(=O)c2C#N)cc1Br. The van der Waals surface area contributed by atoms with Gasteiger partial charge in [-0.05, 0) is 49.6 Å². The third-order valence-corrected chi connectivity index (χ3v) is 4.18. The Kier molecular flexibility index (Phi) is 5.07. The van der Waals surface area contributed by atoms with Gasteiger partial charge in [0.25, 0.3) is 5.56 Å². The number of esters is 1. The largest absolute Gasteiger partial charge is 0.424 e. The Hall–Kier alpha value is -2.62. The van der Waals surface area contributed by atoms with Gasteiger partial charge in [-0.2, -0.15) is 10.5 Å². The fourth-order valence-electron chi connectivity index (χ4n) is 2.08. The summed E-state index contributed by atoms with van der Waals surface area (Å²) in [5.41, 5.74) is 5.22. The van der Waals surface area contributed by atoms with Crippen molar-refractivity contribution < 1.29 is 9.53 Å². The number of anilines is 1. The minimum Gasteiger partial charge on any atom is -0.424 e. The number of benzene rings is 1. The predicted molar refractivity (Wildman–Crippen MR) is 93.1 cm³/mol. The molecule has 3 N–H and O–H groups in total. The van der Waals surface area contributed by atoms with Crippen molar-refractivity contribution in [3.63, 3.8) is 0 Å². The Bertz CT molecular complexity index is 976. The van der Waals surface area contributed by atoms with Crippen LogP contribution in [0.15, 0.2) is 25.9 Å². The lowest BCUT2D eigenvalue weighted by Gasteiger charge is -2.12. The van der Waals surface area contributed by atoms with Crippen LogP contribution in [0, 0.1) is 22.7 Å². The maximum absolute atomic E-state index is 12.0. The fraction of sp³-hybridized carbons (Fsp3) is 0.0667. The van der Waals surface area contributed by atoms with Crippen LogP contribution in [-0.4, -0.2) is 11.0 Å². The maximum atomic E-state index is 12.0. The number of nitrogens with two attached hydrogens (primary N) is 1. The van der Waals surface area contributed by atoms with Crippen molar-refractivity contribution in [2.75, 3.05) is 5.73 Å². The number of aromatic nitrogens is 1. The summed E-state index contributed by atoms with van der Waals surface area (Å²) in [7, 11) is 0. The van der Waals surface area contributed by atoms with Gasteiger partial charge in [0, 0.05) is 12.5 Å². The number of ether oxygens (including phenoxy) is 1. The van der Waals surface area contributed by atoms with Crippen LogP contribution >= 0.6 is 31.9 Å². The smallest absolute Gasteiger partial charge is 0.308 e. The third kappa shape index (κ3) is 3.18. The molecule has 0 amide bonds. The summed E-state index contributed by atoms with van der Waals surface area (Å²) in [4.78, 5) is 25.4. The molecule has 24 heavy (non-hydrogen) atoms. The highest BCUT2D eigenvalue weighted by molar-refractivity contribution is 9.11. The molecule has 1 heterocycles. The van der Waals surface area contributed by atoms with E-state index < -0.39 is 11.5 Å². The van der Waals surface area contributed by atoms with Crippen LogP contribution in [0.1, 0.15) is 18.1 Å². The molecule has 0 unspecified atom stereocenters. The summed E-state index contributed by atoms with van der Waals surface area (Å²) >= 11 is 6.53. The van der Waals surface area contributed by atoms with E-state index in [0.29, 0.717) is 14.5 Å². The molecule has 0 aliphatic carbocycles. The van der Waals surface area contributed by atoms with E-state index >= 15 is 0 Å². The summed E-state index contributed by atoms with van der Waals surface area (Å²) in [6.45, 7) is 1.26. The molecule has 0 spiro atoms. The zero-order valence-electron chi connectivity index (χ0n) is 12.1. The van der Waals surface area contributed by atoms with Crippen LogP contribution in [0.5, 0.6) is 5.75 Å². The number of hydrogen-bond donors (Lipinski definition) is 2. The highest BCUT2D eigenvalue weighted by Gasteiger charge is 2.20. The molecule has 0 bridgehead atoms. The van der Waals surface area contributed by atoms with E-state index in [0.717, 1.165) is 0 Å². The van der Waals surface area contributed by atoms with Gasteiger partial charge in [-0.25, -0.2) is 0 Å². The van der Waals surface area contributed by atoms with E-state index in [1.807, 2.05) is 6.07 Å². The summed E-state index contributed by atoms with van der Waals surface area (Å²) in [6, 6.07) is 6.72. The second-order valence-corrected chi connectivity index (χ2v) is 6.29. The van der Waals surface area contributed by atoms with Crippen LogP contribution in [0.25, 0.3) is 11.1 Å². The lowest BCUT2D eigenvalue weighted by atomic mass is 9.96. The zero-order chi connectivity index (χ0) is 18.0. The fourth-order valence-corrected chi connectivity index (χ4v) is 3.43. The summed E-state index contributed by atoms with van der Waals surface area (Å²) in [6.07, 6.45) is 0. The molecule has 0 fully saturated rings. The van der Waals surface area contributed by atoms with Crippen molar-refractivity contribution in [1.29, 1.82) is 10.5 Å². The summed E-state index contributed by atoms with van der Waals surface area (Å²) in [5, 5.41) is 18.6. The molecule has 0 saturated heterocycles. The molecule has 0 aliphatic heterocycles. The molecule has 7 nitrogen and oxygen atoms in total. The minimum absolute atomic E-state index is 0.0230. The molecule has 9 heteroatoms. The number of nitriles is 2. The molecule has 0 radical (unpaired) electrons. The number of nitrogens with one attached hydrogen (secondary N) is 1. The van der Waals surface area contributed by atoms with Gasteiger partial charge in [-0.15, -0.1) is 0 Å². The van der Waals surface area contributed by atoms with Gasteiger partial charge in [0.2, 0.25) is 0 Å². The zero-order valence-corrected chi connectivity index (χ0v) is 15.3. The van der Waals surface area contributed by atoms with Crippen LogP contribution in [0.4, 0.5) is 5.82 Å². The van der Waals surface area contributed by atoms with Crippen LogP contribution in [0.3, 0.4) is 0 Å². The second kappa shape index (κ2) is 6.87. The number of carbonyl (C=O) groups excluding carboxylic acids is 1. The number of halogens is 2. The number of hydrogen-bond acceptors (Lipinski definition) is 6. The molecule has 2 rings (SSSR count). The van der Waals surface area contributed by atoms with Gasteiger partial charge in [0.1, 0.15) is 29.1 Å². The van der Waals surface area contributed by atoms with E-state index in [9.17, 15) is 20.1 Å².